The minimum atomic E-state index is -1.24. The van der Waals surface area contributed by atoms with Crippen LogP contribution in [0.3, 0.4) is 0 Å². The molecule has 1 atom stereocenters. The zero-order valence-corrected chi connectivity index (χ0v) is 10.7. The Morgan fingerprint density at radius 1 is 1.18 bits per heavy atom. The van der Waals surface area contributed by atoms with Crippen molar-refractivity contribution in [1.29, 1.82) is 0 Å². The largest absolute Gasteiger partial charge is 0.490 e. The Hall–Kier alpha value is -0.730. The third kappa shape index (κ3) is 2.04. The van der Waals surface area contributed by atoms with Gasteiger partial charge in [0.05, 0.1) is 6.10 Å². The van der Waals surface area contributed by atoms with Crippen molar-refractivity contribution in [2.24, 2.45) is 0 Å². The molecule has 0 N–H and O–H groups in total. The predicted octanol–water partition coefficient (Wildman–Crippen LogP) is 3.46. The molecule has 1 aromatic rings. The predicted molar refractivity (Wildman–Crippen MR) is 66.9 cm³/mol. The molecule has 17 heavy (non-hydrogen) atoms. The van der Waals surface area contributed by atoms with Crippen LogP contribution in [0.5, 0.6) is 5.75 Å². The summed E-state index contributed by atoms with van der Waals surface area (Å²) < 4.78 is 4.41. The van der Waals surface area contributed by atoms with Crippen molar-refractivity contribution in [3.05, 3.63) is 29.8 Å². The molecule has 0 amide bonds. The number of hydrogen-bond donors (Lipinski definition) is 0. The maximum atomic E-state index is 11.3. The lowest BCUT2D eigenvalue weighted by molar-refractivity contribution is -0.125. The molecule has 2 fully saturated rings. The molecular formula is C13H12Cl2O2. The first kappa shape index (κ1) is 11.4. The molecule has 0 heterocycles. The lowest BCUT2D eigenvalue weighted by Gasteiger charge is -2.38. The summed E-state index contributed by atoms with van der Waals surface area (Å²) >= 11 is 11.9. The Kier molecular flexibility index (Phi) is 2.60. The van der Waals surface area contributed by atoms with Gasteiger partial charge in [0.1, 0.15) is 5.75 Å². The van der Waals surface area contributed by atoms with Gasteiger partial charge in [-0.2, -0.15) is 0 Å². The Labute approximate surface area is 110 Å². The van der Waals surface area contributed by atoms with Crippen molar-refractivity contribution in [1.82, 2.24) is 0 Å². The molecule has 2 nitrogen and oxygen atoms in total. The average molecular weight is 271 g/mol. The molecule has 0 radical (unpaired) electrons. The Balaban J connectivity index is 1.73. The van der Waals surface area contributed by atoms with E-state index in [1.807, 2.05) is 24.3 Å². The number of Topliss-reactive ketones (excluding diaryl/α,β-unsaturated/α-hetero) is 1. The monoisotopic (exact) mass is 270 g/mol. The minimum absolute atomic E-state index is 0.0895. The van der Waals surface area contributed by atoms with Crippen molar-refractivity contribution >= 4 is 29.0 Å². The fraction of sp³-hybridized carbons (Fsp3) is 0.462. The second-order valence-electron chi connectivity index (χ2n) is 4.69. The highest BCUT2D eigenvalue weighted by molar-refractivity contribution is 6.61. The van der Waals surface area contributed by atoms with Crippen LogP contribution in [0.2, 0.25) is 0 Å². The van der Waals surface area contributed by atoms with Crippen molar-refractivity contribution < 1.29 is 9.53 Å². The third-order valence-electron chi connectivity index (χ3n) is 3.31. The van der Waals surface area contributed by atoms with Gasteiger partial charge in [0, 0.05) is 12.3 Å². The number of carbonyl (C=O) groups excluding carboxylic acids is 1. The molecule has 1 aromatic carbocycles. The van der Waals surface area contributed by atoms with Crippen molar-refractivity contribution in [3.63, 3.8) is 0 Å². The minimum Gasteiger partial charge on any atom is -0.490 e. The molecule has 0 aromatic heterocycles. The average Bonchev–Trinajstić information content (AvgIpc) is 3.11. The molecule has 0 aliphatic heterocycles. The van der Waals surface area contributed by atoms with Crippen molar-refractivity contribution in [2.75, 3.05) is 0 Å². The van der Waals surface area contributed by atoms with Crippen LogP contribution >= 0.6 is 23.2 Å². The van der Waals surface area contributed by atoms with Crippen LogP contribution in [0.15, 0.2) is 24.3 Å². The summed E-state index contributed by atoms with van der Waals surface area (Å²) in [6.07, 6.45) is 3.11. The van der Waals surface area contributed by atoms with Gasteiger partial charge in [0.25, 0.3) is 0 Å². The summed E-state index contributed by atoms with van der Waals surface area (Å²) in [5, 5.41) is 0. The number of halogens is 2. The van der Waals surface area contributed by atoms with Gasteiger partial charge in [-0.05, 0) is 30.5 Å². The van der Waals surface area contributed by atoms with Gasteiger partial charge in [-0.3, -0.25) is 4.79 Å². The quantitative estimate of drug-likeness (QED) is 0.787. The fourth-order valence-electron chi connectivity index (χ4n) is 2.00. The molecular weight excluding hydrogens is 259 g/mol. The van der Waals surface area contributed by atoms with Gasteiger partial charge in [-0.25, -0.2) is 0 Å². The number of alkyl halides is 2. The van der Waals surface area contributed by atoms with Gasteiger partial charge in [-0.1, -0.05) is 35.3 Å². The van der Waals surface area contributed by atoms with E-state index in [0.29, 0.717) is 12.5 Å². The fourth-order valence-corrected chi connectivity index (χ4v) is 2.56. The van der Waals surface area contributed by atoms with Crippen molar-refractivity contribution in [2.45, 2.75) is 35.6 Å². The zero-order valence-electron chi connectivity index (χ0n) is 9.16. The van der Waals surface area contributed by atoms with Gasteiger partial charge in [0.15, 0.2) is 10.1 Å². The summed E-state index contributed by atoms with van der Waals surface area (Å²) in [4.78, 5) is 11.3. The van der Waals surface area contributed by atoms with Gasteiger partial charge in [-0.15, -0.1) is 0 Å². The van der Waals surface area contributed by atoms with Crippen LogP contribution in [0.25, 0.3) is 0 Å². The number of benzene rings is 1. The van der Waals surface area contributed by atoms with E-state index in [4.69, 9.17) is 27.9 Å². The summed E-state index contributed by atoms with van der Waals surface area (Å²) in [5.74, 6) is 0.689. The lowest BCUT2D eigenvalue weighted by atomic mass is 9.77. The SMILES string of the molecule is O=C1CC(c2ccc(OC3CC3)cc2)C1(Cl)Cl. The Bertz CT molecular complexity index is 449. The zero-order chi connectivity index (χ0) is 12.0. The number of ether oxygens (including phenoxy) is 1. The smallest absolute Gasteiger partial charge is 0.183 e. The molecule has 2 saturated carbocycles. The summed E-state index contributed by atoms with van der Waals surface area (Å²) in [5.41, 5.74) is 0.998. The van der Waals surface area contributed by atoms with Crippen LogP contribution in [0, 0.1) is 0 Å². The topological polar surface area (TPSA) is 26.3 Å². The summed E-state index contributed by atoms with van der Waals surface area (Å²) in [6.45, 7) is 0. The summed E-state index contributed by atoms with van der Waals surface area (Å²) in [6, 6.07) is 7.71. The molecule has 2 aliphatic carbocycles. The van der Waals surface area contributed by atoms with E-state index in [-0.39, 0.29) is 11.7 Å². The van der Waals surface area contributed by atoms with Crippen LogP contribution in [-0.2, 0) is 4.79 Å². The third-order valence-corrected chi connectivity index (χ3v) is 4.26. The van der Waals surface area contributed by atoms with E-state index in [0.717, 1.165) is 24.2 Å². The van der Waals surface area contributed by atoms with E-state index in [2.05, 4.69) is 0 Å². The van der Waals surface area contributed by atoms with E-state index in [1.165, 1.54) is 0 Å². The van der Waals surface area contributed by atoms with Gasteiger partial charge >= 0.3 is 0 Å². The van der Waals surface area contributed by atoms with Crippen molar-refractivity contribution in [3.8, 4) is 5.75 Å². The van der Waals surface area contributed by atoms with E-state index in [1.54, 1.807) is 0 Å². The molecule has 0 saturated heterocycles. The number of ketones is 1. The molecule has 0 spiro atoms. The highest BCUT2D eigenvalue weighted by Gasteiger charge is 2.53. The molecule has 0 bridgehead atoms. The maximum Gasteiger partial charge on any atom is 0.183 e. The highest BCUT2D eigenvalue weighted by Crippen LogP contribution is 2.50. The maximum absolute atomic E-state index is 11.3. The first-order valence-electron chi connectivity index (χ1n) is 5.75. The molecule has 3 rings (SSSR count). The second-order valence-corrected chi connectivity index (χ2v) is 6.07. The van der Waals surface area contributed by atoms with Gasteiger partial charge in [0.2, 0.25) is 0 Å². The number of rotatable bonds is 3. The van der Waals surface area contributed by atoms with Gasteiger partial charge < -0.3 is 4.74 Å². The first-order chi connectivity index (χ1) is 8.07. The molecule has 4 heteroatoms. The summed E-state index contributed by atoms with van der Waals surface area (Å²) in [7, 11) is 0. The van der Waals surface area contributed by atoms with Crippen LogP contribution in [0.4, 0.5) is 0 Å². The Morgan fingerprint density at radius 2 is 1.82 bits per heavy atom. The molecule has 90 valence electrons. The van der Waals surface area contributed by atoms with Crippen LogP contribution in [-0.4, -0.2) is 16.2 Å². The highest BCUT2D eigenvalue weighted by atomic mass is 35.5. The first-order valence-corrected chi connectivity index (χ1v) is 6.50. The second kappa shape index (κ2) is 3.89. The number of carbonyl (C=O) groups is 1. The molecule has 2 aliphatic rings. The van der Waals surface area contributed by atoms with E-state index >= 15 is 0 Å². The van der Waals surface area contributed by atoms with Crippen LogP contribution in [0.1, 0.15) is 30.7 Å². The van der Waals surface area contributed by atoms with E-state index < -0.39 is 4.33 Å². The normalized spacial score (nSPS) is 26.5. The Morgan fingerprint density at radius 3 is 2.29 bits per heavy atom. The van der Waals surface area contributed by atoms with Crippen LogP contribution < -0.4 is 4.74 Å². The van der Waals surface area contributed by atoms with E-state index in [9.17, 15) is 4.79 Å². The lowest BCUT2D eigenvalue weighted by Crippen LogP contribution is -2.45. The number of hydrogen-bond acceptors (Lipinski definition) is 2. The molecule has 1 unspecified atom stereocenters. The standard InChI is InChI=1S/C13H12Cl2O2/c14-13(15)11(7-12(13)16)8-1-3-9(4-2-8)17-10-5-6-10/h1-4,10-11H,5-7H2.